The fraction of sp³-hybridized carbons (Fsp3) is 0.818. The predicted molar refractivity (Wildman–Crippen MR) is 103 cm³/mol. The van der Waals surface area contributed by atoms with Crippen molar-refractivity contribution >= 4 is 11.6 Å². The van der Waals surface area contributed by atoms with Crippen molar-refractivity contribution in [2.45, 2.75) is 87.2 Å². The molecule has 0 aromatic rings. The van der Waals surface area contributed by atoms with E-state index < -0.39 is 12.0 Å². The van der Waals surface area contributed by atoms with Crippen molar-refractivity contribution in [2.24, 2.45) is 28.1 Å². The fourth-order valence-electron chi connectivity index (χ4n) is 5.25. The summed E-state index contributed by atoms with van der Waals surface area (Å²) in [5.41, 5.74) is 1.42. The third kappa shape index (κ3) is 6.36. The zero-order valence-corrected chi connectivity index (χ0v) is 17.5. The van der Waals surface area contributed by atoms with Gasteiger partial charge in [-0.15, -0.1) is 0 Å². The Labute approximate surface area is 154 Å². The number of hydrogen-bond acceptors (Lipinski definition) is 3. The molecule has 1 fully saturated rings. The highest BCUT2D eigenvalue weighted by Crippen LogP contribution is 2.46. The minimum absolute atomic E-state index is 0.0231. The first-order valence-electron chi connectivity index (χ1n) is 9.45. The number of aliphatic hydroxyl groups excluding tert-OH is 1. The van der Waals surface area contributed by atoms with E-state index in [1.165, 1.54) is 0 Å². The average Bonchev–Trinajstić information content (AvgIpc) is 2.59. The Kier molecular flexibility index (Phi) is 6.49. The molecule has 1 aliphatic rings. The summed E-state index contributed by atoms with van der Waals surface area (Å²) in [6, 6.07) is 0. The van der Waals surface area contributed by atoms with Gasteiger partial charge in [-0.3, -0.25) is 9.59 Å². The summed E-state index contributed by atoms with van der Waals surface area (Å²) in [5, 5.41) is 9.75. The van der Waals surface area contributed by atoms with Crippen LogP contribution in [0.15, 0.2) is 12.2 Å². The van der Waals surface area contributed by atoms with E-state index in [-0.39, 0.29) is 40.2 Å². The van der Waals surface area contributed by atoms with Crippen LogP contribution in [-0.2, 0) is 9.59 Å². The lowest BCUT2D eigenvalue weighted by Gasteiger charge is -2.41. The van der Waals surface area contributed by atoms with Crippen LogP contribution in [-0.4, -0.2) is 22.8 Å². The molecular formula is C22H38O3. The minimum Gasteiger partial charge on any atom is -0.378 e. The van der Waals surface area contributed by atoms with Crippen molar-refractivity contribution in [2.75, 3.05) is 0 Å². The molecule has 1 aliphatic carbocycles. The number of allylic oxidation sites excluding steroid dienone is 1. The number of Topliss-reactive ketones (excluding diaryl/α,β-unsaturated/α-hetero) is 2. The summed E-state index contributed by atoms with van der Waals surface area (Å²) in [4.78, 5) is 24.1. The first kappa shape index (κ1) is 22.1. The molecule has 0 heterocycles. The minimum atomic E-state index is -1.42. The lowest BCUT2D eigenvalue weighted by Crippen LogP contribution is -2.32. The van der Waals surface area contributed by atoms with Gasteiger partial charge in [0.15, 0.2) is 17.7 Å². The standard InChI is InChI=1S/C22H38O3/c1-14(2)16(15-10-17(23)19(25)18(15)24)11-21(6,7)13-22(8,9)12-20(3,4)5/h15-16,19,25H,1,10-13H2,2-9H3. The molecule has 3 unspecified atom stereocenters. The van der Waals surface area contributed by atoms with Crippen LogP contribution in [0.2, 0.25) is 0 Å². The van der Waals surface area contributed by atoms with Crippen LogP contribution < -0.4 is 0 Å². The van der Waals surface area contributed by atoms with Gasteiger partial charge in [0.1, 0.15) is 0 Å². The molecule has 3 atom stereocenters. The molecule has 0 aromatic heterocycles. The van der Waals surface area contributed by atoms with E-state index in [1.54, 1.807) is 0 Å². The largest absolute Gasteiger partial charge is 0.378 e. The molecule has 25 heavy (non-hydrogen) atoms. The monoisotopic (exact) mass is 350 g/mol. The van der Waals surface area contributed by atoms with Crippen molar-refractivity contribution in [3.63, 3.8) is 0 Å². The summed E-state index contributed by atoms with van der Waals surface area (Å²) < 4.78 is 0. The first-order valence-corrected chi connectivity index (χ1v) is 9.45. The van der Waals surface area contributed by atoms with E-state index in [1.807, 2.05) is 6.92 Å². The maximum atomic E-state index is 12.3. The van der Waals surface area contributed by atoms with E-state index in [0.29, 0.717) is 0 Å². The molecule has 1 N–H and O–H groups in total. The number of hydrogen-bond donors (Lipinski definition) is 1. The lowest BCUT2D eigenvalue weighted by molar-refractivity contribution is -0.133. The van der Waals surface area contributed by atoms with Crippen LogP contribution in [0.25, 0.3) is 0 Å². The highest BCUT2D eigenvalue weighted by atomic mass is 16.3. The van der Waals surface area contributed by atoms with Gasteiger partial charge in [0.25, 0.3) is 0 Å². The van der Waals surface area contributed by atoms with E-state index in [2.05, 4.69) is 55.0 Å². The molecular weight excluding hydrogens is 312 g/mol. The highest BCUT2D eigenvalue weighted by molar-refractivity contribution is 6.12. The van der Waals surface area contributed by atoms with Crippen molar-refractivity contribution in [3.8, 4) is 0 Å². The van der Waals surface area contributed by atoms with Gasteiger partial charge in [-0.2, -0.15) is 0 Å². The Morgan fingerprint density at radius 3 is 1.96 bits per heavy atom. The zero-order chi connectivity index (χ0) is 19.8. The van der Waals surface area contributed by atoms with E-state index >= 15 is 0 Å². The molecule has 0 spiro atoms. The lowest BCUT2D eigenvalue weighted by atomic mass is 9.64. The van der Waals surface area contributed by atoms with E-state index in [4.69, 9.17) is 0 Å². The second kappa shape index (κ2) is 7.34. The number of ketones is 2. The topological polar surface area (TPSA) is 54.4 Å². The van der Waals surface area contributed by atoms with Crippen LogP contribution in [0.4, 0.5) is 0 Å². The molecule has 0 bridgehead atoms. The molecule has 0 saturated heterocycles. The van der Waals surface area contributed by atoms with Gasteiger partial charge < -0.3 is 5.11 Å². The van der Waals surface area contributed by atoms with Gasteiger partial charge in [-0.25, -0.2) is 0 Å². The Morgan fingerprint density at radius 1 is 1.08 bits per heavy atom. The number of rotatable bonds is 7. The quantitative estimate of drug-likeness (QED) is 0.521. The molecule has 144 valence electrons. The maximum Gasteiger partial charge on any atom is 0.172 e. The van der Waals surface area contributed by atoms with Gasteiger partial charge in [0.2, 0.25) is 0 Å². The van der Waals surface area contributed by atoms with Crippen LogP contribution in [0.5, 0.6) is 0 Å². The molecule has 0 amide bonds. The first-order chi connectivity index (χ1) is 11.0. The zero-order valence-electron chi connectivity index (χ0n) is 17.5. The van der Waals surface area contributed by atoms with E-state index in [0.717, 1.165) is 24.8 Å². The third-order valence-electron chi connectivity index (χ3n) is 5.22. The summed E-state index contributed by atoms with van der Waals surface area (Å²) in [7, 11) is 0. The predicted octanol–water partition coefficient (Wildman–Crippen LogP) is 4.97. The van der Waals surface area contributed by atoms with Crippen molar-refractivity contribution < 1.29 is 14.7 Å². The molecule has 3 nitrogen and oxygen atoms in total. The molecule has 1 saturated carbocycles. The van der Waals surface area contributed by atoms with Gasteiger partial charge in [0, 0.05) is 12.3 Å². The summed E-state index contributed by atoms with van der Waals surface area (Å²) >= 11 is 0. The van der Waals surface area contributed by atoms with Crippen molar-refractivity contribution in [1.82, 2.24) is 0 Å². The Balaban J connectivity index is 2.92. The van der Waals surface area contributed by atoms with Crippen LogP contribution in [0.1, 0.15) is 81.1 Å². The Bertz CT molecular complexity index is 534. The summed E-state index contributed by atoms with van der Waals surface area (Å²) in [6.07, 6.45) is 1.71. The summed E-state index contributed by atoms with van der Waals surface area (Å²) in [5.74, 6) is -1.12. The van der Waals surface area contributed by atoms with Gasteiger partial charge in [-0.1, -0.05) is 60.6 Å². The second-order valence-corrected chi connectivity index (χ2v) is 11.0. The van der Waals surface area contributed by atoms with Crippen LogP contribution in [0.3, 0.4) is 0 Å². The SMILES string of the molecule is C=C(C)C(CC(C)(C)CC(C)(C)CC(C)(C)C)C1CC(=O)C(O)C1=O. The average molecular weight is 351 g/mol. The highest BCUT2D eigenvalue weighted by Gasteiger charge is 2.45. The number of aliphatic hydroxyl groups is 1. The van der Waals surface area contributed by atoms with Gasteiger partial charge in [-0.05, 0) is 48.3 Å². The molecule has 1 rings (SSSR count). The smallest absolute Gasteiger partial charge is 0.172 e. The number of carbonyl (C=O) groups is 2. The second-order valence-electron chi connectivity index (χ2n) is 11.0. The Hall–Kier alpha value is -0.960. The molecule has 3 heteroatoms. The Morgan fingerprint density at radius 2 is 1.60 bits per heavy atom. The van der Waals surface area contributed by atoms with Crippen molar-refractivity contribution in [3.05, 3.63) is 12.2 Å². The molecule has 0 radical (unpaired) electrons. The van der Waals surface area contributed by atoms with Crippen LogP contribution in [0, 0.1) is 28.1 Å². The summed E-state index contributed by atoms with van der Waals surface area (Å²) in [6.45, 7) is 21.9. The normalized spacial score (nSPS) is 23.9. The molecule has 0 aromatic carbocycles. The molecule has 0 aliphatic heterocycles. The van der Waals surface area contributed by atoms with Gasteiger partial charge in [0.05, 0.1) is 0 Å². The fourth-order valence-corrected chi connectivity index (χ4v) is 5.25. The number of carbonyl (C=O) groups excluding carboxylic acids is 2. The van der Waals surface area contributed by atoms with Gasteiger partial charge >= 0.3 is 0 Å². The third-order valence-corrected chi connectivity index (χ3v) is 5.22. The maximum absolute atomic E-state index is 12.3. The van der Waals surface area contributed by atoms with Crippen LogP contribution >= 0.6 is 0 Å². The van der Waals surface area contributed by atoms with E-state index in [9.17, 15) is 14.7 Å². The van der Waals surface area contributed by atoms with Crippen molar-refractivity contribution in [1.29, 1.82) is 0 Å².